The summed E-state index contributed by atoms with van der Waals surface area (Å²) in [6.07, 6.45) is 1.85. The van der Waals surface area contributed by atoms with Gasteiger partial charge in [0.25, 0.3) is 5.24 Å². The highest BCUT2D eigenvalue weighted by molar-refractivity contribution is 8.13. The van der Waals surface area contributed by atoms with Gasteiger partial charge in [-0.05, 0) is 18.2 Å². The lowest BCUT2D eigenvalue weighted by Gasteiger charge is -2.12. The van der Waals surface area contributed by atoms with Gasteiger partial charge in [0.15, 0.2) is 12.4 Å². The lowest BCUT2D eigenvalue weighted by atomic mass is 10.1. The topological polar surface area (TPSA) is 131 Å². The standard InChI is InChI=1S/C11H12N2O6S/c14-9(15)2-1-8(10(16)17)12-11(18)20-7-3-5-13(19)6-4-7/h3-6,8H,1-2H2,(H,12,18)(H,14,15)(H,16,17)/t8-/m0/s1. The summed E-state index contributed by atoms with van der Waals surface area (Å²) in [6.45, 7) is 0. The normalized spacial score (nSPS) is 11.6. The molecular weight excluding hydrogens is 288 g/mol. The maximum atomic E-state index is 11.6. The minimum Gasteiger partial charge on any atom is -0.619 e. The van der Waals surface area contributed by atoms with Crippen LogP contribution in [0.2, 0.25) is 0 Å². The Kier molecular flexibility index (Phi) is 5.78. The van der Waals surface area contributed by atoms with Crippen molar-refractivity contribution in [2.45, 2.75) is 23.8 Å². The van der Waals surface area contributed by atoms with Gasteiger partial charge in [-0.3, -0.25) is 9.59 Å². The van der Waals surface area contributed by atoms with Crippen molar-refractivity contribution in [3.05, 3.63) is 29.7 Å². The van der Waals surface area contributed by atoms with Crippen molar-refractivity contribution in [2.24, 2.45) is 0 Å². The highest BCUT2D eigenvalue weighted by Gasteiger charge is 2.21. The summed E-state index contributed by atoms with van der Waals surface area (Å²) >= 11 is 0.719. The van der Waals surface area contributed by atoms with Crippen LogP contribution < -0.4 is 10.0 Å². The maximum absolute atomic E-state index is 11.6. The number of carboxylic acid groups (broad SMARTS) is 2. The number of aliphatic carboxylic acids is 2. The summed E-state index contributed by atoms with van der Waals surface area (Å²) in [5, 5.41) is 29.7. The molecule has 0 radical (unpaired) electrons. The molecule has 3 N–H and O–H groups in total. The first-order valence-electron chi connectivity index (χ1n) is 5.50. The number of hydrogen-bond acceptors (Lipinski definition) is 5. The lowest BCUT2D eigenvalue weighted by Crippen LogP contribution is -2.39. The van der Waals surface area contributed by atoms with E-state index in [1.807, 2.05) is 0 Å². The SMILES string of the molecule is O=C(O)CC[C@H](NC(=O)Sc1cc[n+]([O-])cc1)C(=O)O. The predicted octanol–water partition coefficient (Wildman–Crippen LogP) is 0.440. The largest absolute Gasteiger partial charge is 0.619 e. The zero-order valence-electron chi connectivity index (χ0n) is 10.2. The summed E-state index contributed by atoms with van der Waals surface area (Å²) in [7, 11) is 0. The molecule has 8 nitrogen and oxygen atoms in total. The minimum absolute atomic E-state index is 0.202. The summed E-state index contributed by atoms with van der Waals surface area (Å²) in [5.74, 6) is -2.44. The van der Waals surface area contributed by atoms with Crippen molar-refractivity contribution in [3.8, 4) is 0 Å². The zero-order valence-corrected chi connectivity index (χ0v) is 11.0. The molecule has 0 saturated heterocycles. The quantitative estimate of drug-likeness (QED) is 0.394. The molecule has 108 valence electrons. The van der Waals surface area contributed by atoms with E-state index in [0.29, 0.717) is 9.63 Å². The third-order valence-corrected chi connectivity index (χ3v) is 3.03. The lowest BCUT2D eigenvalue weighted by molar-refractivity contribution is -0.605. The van der Waals surface area contributed by atoms with Gasteiger partial charge in [-0.25, -0.2) is 4.79 Å². The first kappa shape index (κ1) is 15.8. The van der Waals surface area contributed by atoms with Gasteiger partial charge in [-0.2, -0.15) is 4.73 Å². The van der Waals surface area contributed by atoms with Crippen LogP contribution in [0.4, 0.5) is 4.79 Å². The van der Waals surface area contributed by atoms with Crippen molar-refractivity contribution in [2.75, 3.05) is 0 Å². The van der Waals surface area contributed by atoms with Gasteiger partial charge >= 0.3 is 11.9 Å². The van der Waals surface area contributed by atoms with E-state index in [0.717, 1.165) is 11.8 Å². The van der Waals surface area contributed by atoms with Crippen LogP contribution in [0.15, 0.2) is 29.4 Å². The van der Waals surface area contributed by atoms with Gasteiger partial charge in [-0.1, -0.05) is 0 Å². The third-order valence-electron chi connectivity index (χ3n) is 2.22. The van der Waals surface area contributed by atoms with Crippen molar-refractivity contribution in [1.29, 1.82) is 0 Å². The number of carboxylic acids is 2. The fourth-order valence-electron chi connectivity index (χ4n) is 1.27. The predicted molar refractivity (Wildman–Crippen MR) is 68.1 cm³/mol. The fraction of sp³-hybridized carbons (Fsp3) is 0.273. The number of pyridine rings is 1. The Balaban J connectivity index is 2.55. The number of nitrogens with one attached hydrogen (secondary N) is 1. The number of carbonyl (C=O) groups is 3. The van der Waals surface area contributed by atoms with Crippen molar-refractivity contribution in [3.63, 3.8) is 0 Å². The van der Waals surface area contributed by atoms with E-state index in [2.05, 4.69) is 5.32 Å². The van der Waals surface area contributed by atoms with Crippen molar-refractivity contribution < 1.29 is 29.3 Å². The molecule has 1 atom stereocenters. The number of hydrogen-bond donors (Lipinski definition) is 3. The van der Waals surface area contributed by atoms with Gasteiger partial charge < -0.3 is 20.7 Å². The molecule has 9 heteroatoms. The molecule has 1 aromatic rings. The number of rotatable bonds is 6. The number of aromatic nitrogens is 1. The number of amides is 1. The van der Waals surface area contributed by atoms with E-state index in [1.165, 1.54) is 24.5 Å². The molecule has 0 aromatic carbocycles. The van der Waals surface area contributed by atoms with E-state index >= 15 is 0 Å². The minimum atomic E-state index is -1.30. The molecule has 0 unspecified atom stereocenters. The Bertz CT molecular complexity index is 504. The maximum Gasteiger partial charge on any atom is 0.326 e. The monoisotopic (exact) mass is 300 g/mol. The third kappa shape index (κ3) is 5.57. The zero-order chi connectivity index (χ0) is 15.1. The molecule has 0 bridgehead atoms. The highest BCUT2D eigenvalue weighted by Crippen LogP contribution is 2.17. The van der Waals surface area contributed by atoms with E-state index in [9.17, 15) is 19.6 Å². The fourth-order valence-corrected chi connectivity index (χ4v) is 1.94. The Morgan fingerprint density at radius 2 is 1.90 bits per heavy atom. The van der Waals surface area contributed by atoms with Crippen LogP contribution in [-0.4, -0.2) is 33.4 Å². The number of nitrogens with zero attached hydrogens (tertiary/aromatic N) is 1. The second-order valence-corrected chi connectivity index (χ2v) is 4.80. The van der Waals surface area contributed by atoms with Gasteiger partial charge in [0.1, 0.15) is 6.04 Å². The molecule has 1 amide bonds. The Morgan fingerprint density at radius 1 is 1.30 bits per heavy atom. The Morgan fingerprint density at radius 3 is 2.40 bits per heavy atom. The van der Waals surface area contributed by atoms with E-state index < -0.39 is 23.2 Å². The molecule has 0 fully saturated rings. The first-order valence-corrected chi connectivity index (χ1v) is 6.32. The summed E-state index contributed by atoms with van der Waals surface area (Å²) in [5.41, 5.74) is 0. The van der Waals surface area contributed by atoms with Crippen LogP contribution in [0.3, 0.4) is 0 Å². The highest BCUT2D eigenvalue weighted by atomic mass is 32.2. The summed E-state index contributed by atoms with van der Waals surface area (Å²) in [6, 6.07) is 1.55. The van der Waals surface area contributed by atoms with E-state index in [1.54, 1.807) is 0 Å². The first-order chi connectivity index (χ1) is 9.38. The van der Waals surface area contributed by atoms with Gasteiger partial charge in [-0.15, -0.1) is 0 Å². The van der Waals surface area contributed by atoms with E-state index in [4.69, 9.17) is 10.2 Å². The number of carbonyl (C=O) groups excluding carboxylic acids is 1. The molecule has 0 aliphatic heterocycles. The van der Waals surface area contributed by atoms with Gasteiger partial charge in [0.05, 0.1) is 0 Å². The second kappa shape index (κ2) is 7.34. The van der Waals surface area contributed by atoms with Crippen LogP contribution in [0.5, 0.6) is 0 Å². The van der Waals surface area contributed by atoms with Gasteiger partial charge in [0, 0.05) is 23.4 Å². The molecule has 0 aliphatic carbocycles. The molecule has 20 heavy (non-hydrogen) atoms. The van der Waals surface area contributed by atoms with Crippen LogP contribution in [-0.2, 0) is 9.59 Å². The molecule has 1 rings (SSSR count). The van der Waals surface area contributed by atoms with Crippen LogP contribution in [0, 0.1) is 5.21 Å². The summed E-state index contributed by atoms with van der Waals surface area (Å²) < 4.78 is 0.550. The second-order valence-electron chi connectivity index (χ2n) is 3.75. The van der Waals surface area contributed by atoms with E-state index in [-0.39, 0.29) is 12.8 Å². The smallest absolute Gasteiger partial charge is 0.326 e. The molecular formula is C11H12N2O6S. The van der Waals surface area contributed by atoms with Crippen molar-refractivity contribution >= 4 is 28.9 Å². The van der Waals surface area contributed by atoms with Crippen LogP contribution in [0.1, 0.15) is 12.8 Å². The average Bonchev–Trinajstić information content (AvgIpc) is 2.36. The molecule has 1 heterocycles. The number of thioether (sulfide) groups is 1. The Labute approximate surface area is 118 Å². The van der Waals surface area contributed by atoms with Crippen molar-refractivity contribution in [1.82, 2.24) is 5.32 Å². The Hall–Kier alpha value is -2.29. The summed E-state index contributed by atoms with van der Waals surface area (Å²) in [4.78, 5) is 33.4. The molecule has 1 aromatic heterocycles. The van der Waals surface area contributed by atoms with Crippen LogP contribution in [0.25, 0.3) is 0 Å². The van der Waals surface area contributed by atoms with Gasteiger partial charge in [0.2, 0.25) is 0 Å². The van der Waals surface area contributed by atoms with Crippen LogP contribution >= 0.6 is 11.8 Å². The molecule has 0 aliphatic rings. The molecule has 0 spiro atoms. The average molecular weight is 300 g/mol. The molecule has 0 saturated carbocycles.